The van der Waals surface area contributed by atoms with Gasteiger partial charge in [0.2, 0.25) is 0 Å². The molecule has 0 saturated carbocycles. The summed E-state index contributed by atoms with van der Waals surface area (Å²) in [5, 5.41) is 2.76. The van der Waals surface area contributed by atoms with Gasteiger partial charge in [0.1, 0.15) is 11.5 Å². The number of carbonyl (C=O) groups is 2. The van der Waals surface area contributed by atoms with Gasteiger partial charge in [0.05, 0.1) is 19.5 Å². The highest BCUT2D eigenvalue weighted by atomic mass is 16.5. The van der Waals surface area contributed by atoms with Gasteiger partial charge < -0.3 is 19.4 Å². The van der Waals surface area contributed by atoms with Crippen molar-refractivity contribution in [1.29, 1.82) is 0 Å². The highest BCUT2D eigenvalue weighted by Crippen LogP contribution is 2.22. The van der Waals surface area contributed by atoms with Crippen molar-refractivity contribution in [2.75, 3.05) is 26.3 Å². The van der Waals surface area contributed by atoms with Crippen LogP contribution in [0.3, 0.4) is 0 Å². The third-order valence-corrected chi connectivity index (χ3v) is 4.62. The molecule has 1 saturated heterocycles. The molecule has 6 nitrogen and oxygen atoms in total. The zero-order valence-corrected chi connectivity index (χ0v) is 16.5. The second-order valence-electron chi connectivity index (χ2n) is 7.76. The van der Waals surface area contributed by atoms with Crippen molar-refractivity contribution < 1.29 is 18.7 Å². The van der Waals surface area contributed by atoms with E-state index in [0.717, 1.165) is 5.56 Å². The largest absolute Gasteiger partial charge is 0.465 e. The molecule has 148 valence electrons. The molecule has 1 aromatic carbocycles. The minimum Gasteiger partial charge on any atom is -0.465 e. The molecule has 1 fully saturated rings. The summed E-state index contributed by atoms with van der Waals surface area (Å²) < 4.78 is 10.6. The molecule has 0 bridgehead atoms. The number of nitrogens with one attached hydrogen (secondary N) is 1. The first-order chi connectivity index (χ1) is 13.3. The maximum absolute atomic E-state index is 12.9. The molecule has 1 N–H and O–H groups in total. The molecular formula is C22H26N2O4. The molecule has 1 aliphatic rings. The van der Waals surface area contributed by atoms with Crippen LogP contribution >= 0.6 is 0 Å². The Labute approximate surface area is 165 Å². The lowest BCUT2D eigenvalue weighted by molar-refractivity contribution is -0.131. The van der Waals surface area contributed by atoms with Gasteiger partial charge in [-0.15, -0.1) is 0 Å². The number of rotatable bonds is 4. The number of ether oxygens (including phenoxy) is 1. The van der Waals surface area contributed by atoms with Crippen LogP contribution in [0.4, 0.5) is 0 Å². The SMILES string of the molecule is CC(C)(C)c1ccc(C(=O)N/C(=C/c2ccco2)C(=O)N2CCOCC2)cc1. The Morgan fingerprint density at radius 3 is 2.32 bits per heavy atom. The molecule has 0 unspecified atom stereocenters. The average molecular weight is 382 g/mol. The number of hydrogen-bond acceptors (Lipinski definition) is 4. The molecule has 1 aromatic heterocycles. The average Bonchev–Trinajstić information content (AvgIpc) is 3.20. The molecule has 0 aliphatic carbocycles. The summed E-state index contributed by atoms with van der Waals surface area (Å²) in [4.78, 5) is 27.3. The van der Waals surface area contributed by atoms with E-state index in [0.29, 0.717) is 37.6 Å². The first-order valence-corrected chi connectivity index (χ1v) is 9.39. The fraction of sp³-hybridized carbons (Fsp3) is 0.364. The summed E-state index contributed by atoms with van der Waals surface area (Å²) in [7, 11) is 0. The van der Waals surface area contributed by atoms with Crippen LogP contribution in [0.5, 0.6) is 0 Å². The Hall–Kier alpha value is -2.86. The van der Waals surface area contributed by atoms with Crippen LogP contribution in [0.1, 0.15) is 42.5 Å². The van der Waals surface area contributed by atoms with Crippen LogP contribution in [0, 0.1) is 0 Å². The van der Waals surface area contributed by atoms with Crippen LogP contribution in [-0.4, -0.2) is 43.0 Å². The smallest absolute Gasteiger partial charge is 0.270 e. The Morgan fingerprint density at radius 2 is 1.75 bits per heavy atom. The molecule has 0 spiro atoms. The van der Waals surface area contributed by atoms with E-state index in [1.807, 2.05) is 12.1 Å². The molecule has 6 heteroatoms. The standard InChI is InChI=1S/C22H26N2O4/c1-22(2,3)17-8-6-16(7-9-17)20(25)23-19(15-18-5-4-12-28-18)21(26)24-10-13-27-14-11-24/h4-9,12,15H,10-11,13-14H2,1-3H3,(H,23,25)/b19-15+. The predicted octanol–water partition coefficient (Wildman–Crippen LogP) is 3.21. The highest BCUT2D eigenvalue weighted by Gasteiger charge is 2.23. The summed E-state index contributed by atoms with van der Waals surface area (Å²) in [6.45, 7) is 8.31. The van der Waals surface area contributed by atoms with Gasteiger partial charge in [0, 0.05) is 24.7 Å². The summed E-state index contributed by atoms with van der Waals surface area (Å²) >= 11 is 0. The van der Waals surface area contributed by atoms with E-state index < -0.39 is 0 Å². The molecule has 2 aromatic rings. The Balaban J connectivity index is 1.80. The number of benzene rings is 1. The van der Waals surface area contributed by atoms with Crippen LogP contribution < -0.4 is 5.32 Å². The van der Waals surface area contributed by atoms with Crippen LogP contribution in [0.2, 0.25) is 0 Å². The fourth-order valence-electron chi connectivity index (χ4n) is 2.92. The van der Waals surface area contributed by atoms with Crippen molar-refractivity contribution in [3.05, 3.63) is 65.2 Å². The van der Waals surface area contributed by atoms with Gasteiger partial charge in [-0.05, 0) is 35.2 Å². The number of nitrogens with zero attached hydrogens (tertiary/aromatic N) is 1. The third kappa shape index (κ3) is 4.89. The first-order valence-electron chi connectivity index (χ1n) is 9.39. The second-order valence-corrected chi connectivity index (χ2v) is 7.76. The van der Waals surface area contributed by atoms with E-state index in [-0.39, 0.29) is 22.9 Å². The summed E-state index contributed by atoms with van der Waals surface area (Å²) in [5.41, 5.74) is 1.82. The molecule has 0 atom stereocenters. The van der Waals surface area contributed by atoms with E-state index in [9.17, 15) is 9.59 Å². The Morgan fingerprint density at radius 1 is 1.07 bits per heavy atom. The van der Waals surface area contributed by atoms with Crippen LogP contribution in [-0.2, 0) is 14.9 Å². The Kier molecular flexibility index (Phi) is 5.99. The maximum atomic E-state index is 12.9. The van der Waals surface area contributed by atoms with Gasteiger partial charge in [-0.1, -0.05) is 32.9 Å². The van der Waals surface area contributed by atoms with Crippen molar-refractivity contribution in [1.82, 2.24) is 10.2 Å². The zero-order chi connectivity index (χ0) is 20.1. The second kappa shape index (κ2) is 8.44. The van der Waals surface area contributed by atoms with Gasteiger partial charge in [0.15, 0.2) is 0 Å². The summed E-state index contributed by atoms with van der Waals surface area (Å²) in [6.07, 6.45) is 3.08. The van der Waals surface area contributed by atoms with Gasteiger partial charge in [0.25, 0.3) is 11.8 Å². The number of morpholine rings is 1. The van der Waals surface area contributed by atoms with Crippen molar-refractivity contribution >= 4 is 17.9 Å². The molecule has 1 aliphatic heterocycles. The lowest BCUT2D eigenvalue weighted by Crippen LogP contribution is -2.44. The van der Waals surface area contributed by atoms with Crippen molar-refractivity contribution in [2.24, 2.45) is 0 Å². The lowest BCUT2D eigenvalue weighted by atomic mass is 9.87. The van der Waals surface area contributed by atoms with Gasteiger partial charge in [-0.2, -0.15) is 0 Å². The number of hydrogen-bond donors (Lipinski definition) is 1. The number of carbonyl (C=O) groups excluding carboxylic acids is 2. The van der Waals surface area contributed by atoms with E-state index in [4.69, 9.17) is 9.15 Å². The van der Waals surface area contributed by atoms with Crippen molar-refractivity contribution in [3.8, 4) is 0 Å². The maximum Gasteiger partial charge on any atom is 0.270 e. The molecule has 2 amide bonds. The topological polar surface area (TPSA) is 71.8 Å². The highest BCUT2D eigenvalue weighted by molar-refractivity contribution is 6.05. The van der Waals surface area contributed by atoms with E-state index in [2.05, 4.69) is 26.1 Å². The normalized spacial score (nSPS) is 15.4. The lowest BCUT2D eigenvalue weighted by Gasteiger charge is -2.27. The first kappa shape index (κ1) is 19.9. The van der Waals surface area contributed by atoms with Crippen LogP contribution in [0.15, 0.2) is 52.8 Å². The summed E-state index contributed by atoms with van der Waals surface area (Å²) in [5.74, 6) is -0.0840. The predicted molar refractivity (Wildman–Crippen MR) is 107 cm³/mol. The van der Waals surface area contributed by atoms with Crippen molar-refractivity contribution in [3.63, 3.8) is 0 Å². The van der Waals surface area contributed by atoms with Gasteiger partial charge >= 0.3 is 0 Å². The van der Waals surface area contributed by atoms with E-state index in [1.54, 1.807) is 35.2 Å². The molecule has 3 rings (SSSR count). The minimum absolute atomic E-state index is 0.00561. The van der Waals surface area contributed by atoms with Gasteiger partial charge in [-0.25, -0.2) is 0 Å². The van der Waals surface area contributed by atoms with Gasteiger partial charge in [-0.3, -0.25) is 9.59 Å². The molecule has 2 heterocycles. The minimum atomic E-state index is -0.333. The fourth-order valence-corrected chi connectivity index (χ4v) is 2.92. The monoisotopic (exact) mass is 382 g/mol. The zero-order valence-electron chi connectivity index (χ0n) is 16.5. The third-order valence-electron chi connectivity index (χ3n) is 4.62. The molecule has 28 heavy (non-hydrogen) atoms. The summed E-state index contributed by atoms with van der Waals surface area (Å²) in [6, 6.07) is 10.9. The number of amides is 2. The molecule has 0 radical (unpaired) electrons. The van der Waals surface area contributed by atoms with E-state index >= 15 is 0 Å². The van der Waals surface area contributed by atoms with Crippen LogP contribution in [0.25, 0.3) is 6.08 Å². The molecular weight excluding hydrogens is 356 g/mol. The van der Waals surface area contributed by atoms with Crippen molar-refractivity contribution in [2.45, 2.75) is 26.2 Å². The number of furan rings is 1. The van der Waals surface area contributed by atoms with E-state index in [1.165, 1.54) is 6.26 Å². The quantitative estimate of drug-likeness (QED) is 0.825. The Bertz CT molecular complexity index is 840.